The third-order valence-electron chi connectivity index (χ3n) is 4.48. The van der Waals surface area contributed by atoms with Crippen LogP contribution in [0.2, 0.25) is 0 Å². The second-order valence-electron chi connectivity index (χ2n) is 5.56. The van der Waals surface area contributed by atoms with Gasteiger partial charge in [0.15, 0.2) is 0 Å². The average Bonchev–Trinajstić information content (AvgIpc) is 2.20. The normalized spacial score (nSPS) is 39.7. The van der Waals surface area contributed by atoms with Crippen LogP contribution in [-0.2, 0) is 4.79 Å². The lowest BCUT2D eigenvalue weighted by Crippen LogP contribution is -2.52. The Bertz CT molecular complexity index is 249. The lowest BCUT2D eigenvalue weighted by Gasteiger charge is -2.49. The molecule has 0 aliphatic heterocycles. The van der Waals surface area contributed by atoms with Crippen LogP contribution in [0.5, 0.6) is 0 Å². The summed E-state index contributed by atoms with van der Waals surface area (Å²) in [5.41, 5.74) is -0.650. The van der Waals surface area contributed by atoms with E-state index in [4.69, 9.17) is 0 Å². The number of hydrogen-bond acceptors (Lipinski definition) is 2. The van der Waals surface area contributed by atoms with E-state index in [1.807, 2.05) is 0 Å². The van der Waals surface area contributed by atoms with Crippen LogP contribution < -0.4 is 0 Å². The number of hydrogen-bond donors (Lipinski definition) is 1. The Morgan fingerprint density at radius 1 is 1.20 bits per heavy atom. The highest BCUT2D eigenvalue weighted by Gasteiger charge is 2.52. The Hall–Kier alpha value is -0.370. The highest BCUT2D eigenvalue weighted by molar-refractivity contribution is 5.87. The van der Waals surface area contributed by atoms with Crippen LogP contribution in [0, 0.1) is 5.41 Å². The average molecular weight is 210 g/mol. The maximum atomic E-state index is 12.0. The Morgan fingerprint density at radius 3 is 2.40 bits per heavy atom. The van der Waals surface area contributed by atoms with E-state index in [2.05, 4.69) is 6.92 Å². The van der Waals surface area contributed by atoms with Gasteiger partial charge in [0.1, 0.15) is 5.78 Å². The molecule has 0 aromatic heterocycles. The SMILES string of the molecule is CCCCCC12CCC(O)(CC1)CC2=O. The zero-order valence-corrected chi connectivity index (χ0v) is 9.72. The van der Waals surface area contributed by atoms with Gasteiger partial charge in [0.25, 0.3) is 0 Å². The number of aliphatic hydroxyl groups is 1. The third kappa shape index (κ3) is 1.96. The highest BCUT2D eigenvalue weighted by atomic mass is 16.3. The van der Waals surface area contributed by atoms with Crippen molar-refractivity contribution in [2.24, 2.45) is 5.41 Å². The number of fused-ring (bicyclic) bond motifs is 3. The summed E-state index contributed by atoms with van der Waals surface area (Å²) in [6.45, 7) is 2.19. The monoisotopic (exact) mass is 210 g/mol. The number of carbonyl (C=O) groups is 1. The minimum Gasteiger partial charge on any atom is -0.389 e. The van der Waals surface area contributed by atoms with Crippen LogP contribution in [-0.4, -0.2) is 16.5 Å². The number of carbonyl (C=O) groups excluding carboxylic acids is 1. The topological polar surface area (TPSA) is 37.3 Å². The van der Waals surface area contributed by atoms with E-state index in [0.717, 1.165) is 32.1 Å². The first-order valence-corrected chi connectivity index (χ1v) is 6.36. The Balaban J connectivity index is 1.99. The van der Waals surface area contributed by atoms with E-state index in [0.29, 0.717) is 12.2 Å². The molecule has 2 nitrogen and oxygen atoms in total. The fourth-order valence-electron chi connectivity index (χ4n) is 3.24. The Labute approximate surface area is 92.1 Å². The molecule has 1 N–H and O–H groups in total. The minimum absolute atomic E-state index is 0.0281. The second-order valence-corrected chi connectivity index (χ2v) is 5.56. The first-order chi connectivity index (χ1) is 7.10. The van der Waals surface area contributed by atoms with Crippen molar-refractivity contribution >= 4 is 5.78 Å². The van der Waals surface area contributed by atoms with Crippen molar-refractivity contribution in [1.29, 1.82) is 0 Å². The fourth-order valence-corrected chi connectivity index (χ4v) is 3.24. The molecular weight excluding hydrogens is 188 g/mol. The van der Waals surface area contributed by atoms with Crippen LogP contribution in [0.25, 0.3) is 0 Å². The molecule has 86 valence electrons. The molecule has 0 atom stereocenters. The van der Waals surface area contributed by atoms with Gasteiger partial charge in [-0.3, -0.25) is 4.79 Å². The quantitative estimate of drug-likeness (QED) is 0.724. The number of ketones is 1. The standard InChI is InChI=1S/C13H22O2/c1-2-3-4-5-12-6-8-13(15,9-7-12)10-11(12)14/h15H,2-10H2,1H3. The van der Waals surface area contributed by atoms with Gasteiger partial charge in [0.2, 0.25) is 0 Å². The zero-order valence-electron chi connectivity index (χ0n) is 9.72. The summed E-state index contributed by atoms with van der Waals surface area (Å²) >= 11 is 0. The minimum atomic E-state index is -0.621. The maximum Gasteiger partial charge on any atom is 0.141 e. The van der Waals surface area contributed by atoms with Crippen molar-refractivity contribution in [3.8, 4) is 0 Å². The van der Waals surface area contributed by atoms with Gasteiger partial charge >= 0.3 is 0 Å². The molecule has 0 heterocycles. The van der Waals surface area contributed by atoms with Crippen molar-refractivity contribution < 1.29 is 9.90 Å². The van der Waals surface area contributed by atoms with Crippen LogP contribution in [0.15, 0.2) is 0 Å². The molecule has 0 aromatic rings. The largest absolute Gasteiger partial charge is 0.389 e. The molecule has 3 aliphatic rings. The van der Waals surface area contributed by atoms with Crippen LogP contribution in [0.4, 0.5) is 0 Å². The van der Waals surface area contributed by atoms with E-state index in [-0.39, 0.29) is 5.41 Å². The van der Waals surface area contributed by atoms with Crippen molar-refractivity contribution in [3.05, 3.63) is 0 Å². The molecular formula is C13H22O2. The van der Waals surface area contributed by atoms with Gasteiger partial charge in [-0.2, -0.15) is 0 Å². The molecule has 3 fully saturated rings. The summed E-state index contributed by atoms with van der Waals surface area (Å²) < 4.78 is 0. The summed E-state index contributed by atoms with van der Waals surface area (Å²) in [5, 5.41) is 10.1. The predicted molar refractivity (Wildman–Crippen MR) is 59.6 cm³/mol. The van der Waals surface area contributed by atoms with Crippen molar-refractivity contribution in [3.63, 3.8) is 0 Å². The first-order valence-electron chi connectivity index (χ1n) is 6.36. The molecule has 0 spiro atoms. The summed E-state index contributed by atoms with van der Waals surface area (Å²) in [4.78, 5) is 12.0. The van der Waals surface area contributed by atoms with Crippen LogP contribution in [0.3, 0.4) is 0 Å². The van der Waals surface area contributed by atoms with Crippen LogP contribution in [0.1, 0.15) is 64.7 Å². The van der Waals surface area contributed by atoms with Gasteiger partial charge in [-0.15, -0.1) is 0 Å². The highest BCUT2D eigenvalue weighted by Crippen LogP contribution is 2.52. The van der Waals surface area contributed by atoms with Gasteiger partial charge in [-0.05, 0) is 32.1 Å². The second kappa shape index (κ2) is 3.89. The molecule has 0 amide bonds. The van der Waals surface area contributed by atoms with Crippen LogP contribution >= 0.6 is 0 Å². The molecule has 2 heteroatoms. The third-order valence-corrected chi connectivity index (χ3v) is 4.48. The molecule has 0 unspecified atom stereocenters. The molecule has 3 rings (SSSR count). The molecule has 3 aliphatic carbocycles. The number of unbranched alkanes of at least 4 members (excludes halogenated alkanes) is 2. The van der Waals surface area contributed by atoms with Gasteiger partial charge in [-0.25, -0.2) is 0 Å². The van der Waals surface area contributed by atoms with Gasteiger partial charge in [0, 0.05) is 11.8 Å². The van der Waals surface area contributed by atoms with Crippen molar-refractivity contribution in [2.45, 2.75) is 70.3 Å². The Kier molecular flexibility index (Phi) is 2.89. The lowest BCUT2D eigenvalue weighted by molar-refractivity contribution is -0.154. The van der Waals surface area contributed by atoms with Gasteiger partial charge in [0.05, 0.1) is 5.60 Å². The van der Waals surface area contributed by atoms with E-state index < -0.39 is 5.60 Å². The van der Waals surface area contributed by atoms with E-state index in [1.165, 1.54) is 19.3 Å². The molecule has 3 saturated carbocycles. The van der Waals surface area contributed by atoms with Crippen molar-refractivity contribution in [1.82, 2.24) is 0 Å². The van der Waals surface area contributed by atoms with E-state index in [1.54, 1.807) is 0 Å². The van der Waals surface area contributed by atoms with Gasteiger partial charge < -0.3 is 5.11 Å². The first kappa shape index (κ1) is 11.1. The summed E-state index contributed by atoms with van der Waals surface area (Å²) in [5.74, 6) is 0.346. The fraction of sp³-hybridized carbons (Fsp3) is 0.923. The lowest BCUT2D eigenvalue weighted by atomic mass is 9.56. The molecule has 0 aromatic carbocycles. The summed E-state index contributed by atoms with van der Waals surface area (Å²) in [7, 11) is 0. The summed E-state index contributed by atoms with van der Waals surface area (Å²) in [6.07, 6.45) is 8.71. The maximum absolute atomic E-state index is 12.0. The Morgan fingerprint density at radius 2 is 1.87 bits per heavy atom. The number of rotatable bonds is 4. The number of Topliss-reactive ketones (excluding diaryl/α,β-unsaturated/α-hetero) is 1. The molecule has 0 saturated heterocycles. The van der Waals surface area contributed by atoms with Crippen molar-refractivity contribution in [2.75, 3.05) is 0 Å². The smallest absolute Gasteiger partial charge is 0.141 e. The van der Waals surface area contributed by atoms with E-state index >= 15 is 0 Å². The van der Waals surface area contributed by atoms with E-state index in [9.17, 15) is 9.90 Å². The molecule has 15 heavy (non-hydrogen) atoms. The summed E-state index contributed by atoms with van der Waals surface area (Å²) in [6, 6.07) is 0. The predicted octanol–water partition coefficient (Wildman–Crippen LogP) is 2.83. The zero-order chi connectivity index (χ0) is 10.9. The molecule has 0 radical (unpaired) electrons. The molecule has 2 bridgehead atoms. The van der Waals surface area contributed by atoms with Gasteiger partial charge in [-0.1, -0.05) is 26.2 Å².